The Kier molecular flexibility index (Phi) is 6.29. The predicted octanol–water partition coefficient (Wildman–Crippen LogP) is 3.75. The molecule has 3 unspecified atom stereocenters. The van der Waals surface area contributed by atoms with Gasteiger partial charge in [-0.1, -0.05) is 39.0 Å². The van der Waals surface area contributed by atoms with Crippen molar-refractivity contribution in [3.8, 4) is 5.75 Å². The zero-order chi connectivity index (χ0) is 24.8. The van der Waals surface area contributed by atoms with Crippen LogP contribution in [0.25, 0.3) is 0 Å². The van der Waals surface area contributed by atoms with Gasteiger partial charge >= 0.3 is 6.18 Å². The molecule has 0 bridgehead atoms. The molecule has 1 saturated carbocycles. The molecule has 0 spiro atoms. The van der Waals surface area contributed by atoms with Crippen molar-refractivity contribution in [3.63, 3.8) is 0 Å². The van der Waals surface area contributed by atoms with Crippen LogP contribution in [0.2, 0.25) is 0 Å². The largest absolute Gasteiger partial charge is 0.480 e. The van der Waals surface area contributed by atoms with Gasteiger partial charge in [0, 0.05) is 30.0 Å². The summed E-state index contributed by atoms with van der Waals surface area (Å²) >= 11 is 0. The third-order valence-corrected chi connectivity index (χ3v) is 7.75. The van der Waals surface area contributed by atoms with E-state index in [1.165, 1.54) is 11.0 Å². The first kappa shape index (κ1) is 24.3. The van der Waals surface area contributed by atoms with Crippen molar-refractivity contribution < 1.29 is 27.5 Å². The first-order chi connectivity index (χ1) is 16.0. The van der Waals surface area contributed by atoms with E-state index in [0.717, 1.165) is 12.8 Å². The van der Waals surface area contributed by atoms with Gasteiger partial charge in [0.15, 0.2) is 12.1 Å². The highest BCUT2D eigenvalue weighted by atomic mass is 19.4. The first-order valence-electron chi connectivity index (χ1n) is 11.8. The minimum absolute atomic E-state index is 0.0434. The number of para-hydroxylation sites is 1. The van der Waals surface area contributed by atoms with Crippen LogP contribution in [0.15, 0.2) is 24.3 Å². The zero-order valence-electron chi connectivity index (χ0n) is 19.5. The molecular formula is C24H31F3N4O3. The summed E-state index contributed by atoms with van der Waals surface area (Å²) in [5, 5.41) is 14.3. The van der Waals surface area contributed by atoms with Gasteiger partial charge in [0.1, 0.15) is 5.75 Å². The fraction of sp³-hybridized carbons (Fsp3) is 0.625. The van der Waals surface area contributed by atoms with Gasteiger partial charge in [-0.15, -0.1) is 0 Å². The van der Waals surface area contributed by atoms with E-state index in [0.29, 0.717) is 5.56 Å². The second kappa shape index (κ2) is 8.78. The minimum atomic E-state index is -4.54. The predicted molar refractivity (Wildman–Crippen MR) is 119 cm³/mol. The molecule has 1 saturated heterocycles. The third kappa shape index (κ3) is 4.46. The Morgan fingerprint density at radius 3 is 2.59 bits per heavy atom. The molecule has 34 heavy (non-hydrogen) atoms. The molecule has 3 aliphatic rings. The van der Waals surface area contributed by atoms with Crippen LogP contribution in [-0.4, -0.2) is 47.0 Å². The van der Waals surface area contributed by atoms with Crippen LogP contribution in [0, 0.1) is 23.2 Å². The number of rotatable bonds is 6. The number of carbonyl (C=O) groups is 2. The van der Waals surface area contributed by atoms with Crippen molar-refractivity contribution in [2.24, 2.45) is 17.8 Å². The van der Waals surface area contributed by atoms with Crippen molar-refractivity contribution in [1.82, 2.24) is 15.5 Å². The molecule has 186 valence electrons. The average molecular weight is 481 g/mol. The maximum atomic E-state index is 13.4. The molecule has 4 rings (SSSR count). The highest BCUT2D eigenvalue weighted by Gasteiger charge is 2.55. The van der Waals surface area contributed by atoms with E-state index in [4.69, 9.17) is 10.1 Å². The van der Waals surface area contributed by atoms with E-state index in [-0.39, 0.29) is 48.3 Å². The fourth-order valence-corrected chi connectivity index (χ4v) is 5.23. The van der Waals surface area contributed by atoms with Crippen LogP contribution >= 0.6 is 0 Å². The van der Waals surface area contributed by atoms with Crippen LogP contribution < -0.4 is 15.4 Å². The van der Waals surface area contributed by atoms with Gasteiger partial charge in [0.25, 0.3) is 0 Å². The molecular weight excluding hydrogens is 449 g/mol. The summed E-state index contributed by atoms with van der Waals surface area (Å²) in [6.07, 6.45) is -5.19. The van der Waals surface area contributed by atoms with Crippen LogP contribution in [0.4, 0.5) is 13.2 Å². The lowest BCUT2D eigenvalue weighted by Crippen LogP contribution is -2.62. The molecule has 2 amide bonds. The smallest absolute Gasteiger partial charge is 0.425 e. The number of hydrogen-bond donors (Lipinski definition) is 3. The second-order valence-electron chi connectivity index (χ2n) is 9.67. The molecule has 1 aromatic rings. The molecule has 5 atom stereocenters. The lowest BCUT2D eigenvalue weighted by Gasteiger charge is -2.42. The standard InChI is InChI=1S/C24H31F3N4O3/c1-4-23(5-2)11-19(32)31(22(28)30-23)12-15-13(3)20(15)21(33)29-16-10-18(24(25,26)27)34-17-9-7-6-8-14(16)17/h6-9,13,15-16,18,20H,4-5,10-12H2,1-3H3,(H2,28,30)(H,29,33)/t13?,15?,16-,18-,20?/m1/s1. The van der Waals surface area contributed by atoms with Gasteiger partial charge in [-0.25, -0.2) is 0 Å². The summed E-state index contributed by atoms with van der Waals surface area (Å²) in [5.41, 5.74) is 0.107. The van der Waals surface area contributed by atoms with E-state index >= 15 is 0 Å². The van der Waals surface area contributed by atoms with Gasteiger partial charge in [0.2, 0.25) is 11.8 Å². The third-order valence-electron chi connectivity index (χ3n) is 7.75. The van der Waals surface area contributed by atoms with Crippen molar-refractivity contribution >= 4 is 17.8 Å². The van der Waals surface area contributed by atoms with E-state index in [2.05, 4.69) is 10.6 Å². The summed E-state index contributed by atoms with van der Waals surface area (Å²) < 4.78 is 45.3. The Labute approximate surface area is 196 Å². The van der Waals surface area contributed by atoms with Gasteiger partial charge in [0.05, 0.1) is 12.5 Å². The second-order valence-corrected chi connectivity index (χ2v) is 9.67. The van der Waals surface area contributed by atoms with E-state index < -0.39 is 36.2 Å². The van der Waals surface area contributed by atoms with Crippen molar-refractivity contribution in [2.45, 2.75) is 70.3 Å². The molecule has 2 aliphatic heterocycles. The topological polar surface area (TPSA) is 94.5 Å². The molecule has 2 fully saturated rings. The molecule has 7 nitrogen and oxygen atoms in total. The van der Waals surface area contributed by atoms with E-state index in [9.17, 15) is 22.8 Å². The Hall–Kier alpha value is -2.78. The molecule has 0 aromatic heterocycles. The molecule has 2 heterocycles. The average Bonchev–Trinajstić information content (AvgIpc) is 3.44. The quantitative estimate of drug-likeness (QED) is 0.578. The minimum Gasteiger partial charge on any atom is -0.480 e. The van der Waals surface area contributed by atoms with Crippen molar-refractivity contribution in [2.75, 3.05) is 6.54 Å². The number of halogens is 3. The fourth-order valence-electron chi connectivity index (χ4n) is 5.23. The number of hydrogen-bond acceptors (Lipinski definition) is 4. The monoisotopic (exact) mass is 480 g/mol. The number of ether oxygens (including phenoxy) is 1. The van der Waals surface area contributed by atoms with Crippen LogP contribution in [0.5, 0.6) is 5.75 Å². The lowest BCUT2D eigenvalue weighted by atomic mass is 9.87. The van der Waals surface area contributed by atoms with Crippen LogP contribution in [0.3, 0.4) is 0 Å². The van der Waals surface area contributed by atoms with Crippen LogP contribution in [0.1, 0.15) is 58.1 Å². The molecule has 3 N–H and O–H groups in total. The highest BCUT2D eigenvalue weighted by molar-refractivity contribution is 5.99. The number of guanidine groups is 1. The van der Waals surface area contributed by atoms with Gasteiger partial charge in [-0.2, -0.15) is 13.2 Å². The maximum Gasteiger partial charge on any atom is 0.425 e. The normalized spacial score (nSPS) is 30.2. The van der Waals surface area contributed by atoms with Crippen LogP contribution in [-0.2, 0) is 9.59 Å². The van der Waals surface area contributed by atoms with Crippen molar-refractivity contribution in [3.05, 3.63) is 29.8 Å². The number of carbonyl (C=O) groups excluding carboxylic acids is 2. The SMILES string of the molecule is CCC1(CC)CC(=O)N(CC2C(C)C2C(=O)N[C@@H]2C[C@H](C(F)(F)F)Oc3ccccc32)C(=N)N1. The summed E-state index contributed by atoms with van der Waals surface area (Å²) in [7, 11) is 0. The highest BCUT2D eigenvalue weighted by Crippen LogP contribution is 2.48. The summed E-state index contributed by atoms with van der Waals surface area (Å²) in [6, 6.07) is 5.62. The Morgan fingerprint density at radius 1 is 1.29 bits per heavy atom. The number of fused-ring (bicyclic) bond motifs is 1. The van der Waals surface area contributed by atoms with Gasteiger partial charge < -0.3 is 15.4 Å². The van der Waals surface area contributed by atoms with Gasteiger partial charge in [-0.3, -0.25) is 19.9 Å². The first-order valence-corrected chi connectivity index (χ1v) is 11.8. The lowest BCUT2D eigenvalue weighted by molar-refractivity contribution is -0.201. The van der Waals surface area contributed by atoms with E-state index in [1.807, 2.05) is 20.8 Å². The van der Waals surface area contributed by atoms with E-state index in [1.54, 1.807) is 18.2 Å². The summed E-state index contributed by atoms with van der Waals surface area (Å²) in [4.78, 5) is 27.2. The molecule has 10 heteroatoms. The van der Waals surface area contributed by atoms with Crippen molar-refractivity contribution in [1.29, 1.82) is 5.41 Å². The summed E-state index contributed by atoms with van der Waals surface area (Å²) in [6.45, 7) is 6.09. The molecule has 1 aliphatic carbocycles. The number of benzene rings is 1. The summed E-state index contributed by atoms with van der Waals surface area (Å²) in [5.74, 6) is -0.935. The number of nitrogens with zero attached hydrogens (tertiary/aromatic N) is 1. The Balaban J connectivity index is 1.42. The number of alkyl halides is 3. The maximum absolute atomic E-state index is 13.4. The molecule has 0 radical (unpaired) electrons. The Bertz CT molecular complexity index is 958. The number of nitrogens with one attached hydrogen (secondary N) is 3. The zero-order valence-corrected chi connectivity index (χ0v) is 19.5. The number of amides is 2. The Morgan fingerprint density at radius 2 is 1.97 bits per heavy atom. The molecule has 1 aromatic carbocycles. The van der Waals surface area contributed by atoms with Gasteiger partial charge in [-0.05, 0) is 30.7 Å².